The Morgan fingerprint density at radius 2 is 2.04 bits per heavy atom. The first kappa shape index (κ1) is 15.8. The Hall–Kier alpha value is -2.66. The van der Waals surface area contributed by atoms with Gasteiger partial charge in [-0.3, -0.25) is 4.79 Å². The lowest BCUT2D eigenvalue weighted by atomic mass is 10.1. The lowest BCUT2D eigenvalue weighted by molar-refractivity contribution is -0.117. The van der Waals surface area contributed by atoms with Crippen molar-refractivity contribution in [1.29, 1.82) is 0 Å². The van der Waals surface area contributed by atoms with Gasteiger partial charge in [0.1, 0.15) is 0 Å². The third-order valence-corrected chi connectivity index (χ3v) is 4.58. The summed E-state index contributed by atoms with van der Waals surface area (Å²) >= 11 is 5.90. The van der Waals surface area contributed by atoms with Gasteiger partial charge in [0.25, 0.3) is 0 Å². The molecule has 1 aliphatic heterocycles. The minimum atomic E-state index is 0.0872. The summed E-state index contributed by atoms with van der Waals surface area (Å²) < 4.78 is 5.04. The number of carbonyl (C=O) groups excluding carboxylic acids is 1. The van der Waals surface area contributed by atoms with E-state index < -0.39 is 0 Å². The first-order chi connectivity index (χ1) is 12.1. The zero-order valence-electron chi connectivity index (χ0n) is 13.7. The highest BCUT2D eigenvalue weighted by Crippen LogP contribution is 2.32. The Bertz CT molecular complexity index is 934. The maximum Gasteiger partial charge on any atom is 0.231 e. The Labute approximate surface area is 150 Å². The second-order valence-corrected chi connectivity index (χ2v) is 6.52. The number of rotatable bonds is 3. The molecule has 2 aromatic carbocycles. The Morgan fingerprint density at radius 3 is 2.76 bits per heavy atom. The van der Waals surface area contributed by atoms with E-state index in [9.17, 15) is 4.79 Å². The van der Waals surface area contributed by atoms with Gasteiger partial charge >= 0.3 is 0 Å². The molecule has 0 atom stereocenters. The quantitative estimate of drug-likeness (QED) is 0.718. The number of aryl methyl sites for hydroxylation is 1. The molecule has 0 bridgehead atoms. The number of aromatic nitrogens is 2. The molecule has 5 nitrogen and oxygen atoms in total. The van der Waals surface area contributed by atoms with Crippen molar-refractivity contribution in [3.05, 3.63) is 64.5 Å². The fourth-order valence-electron chi connectivity index (χ4n) is 3.09. The summed E-state index contributed by atoms with van der Waals surface area (Å²) in [6.07, 6.45) is 1.19. The zero-order chi connectivity index (χ0) is 17.4. The van der Waals surface area contributed by atoms with Crippen LogP contribution in [0.5, 0.6) is 0 Å². The Balaban J connectivity index is 1.55. The van der Waals surface area contributed by atoms with Crippen molar-refractivity contribution in [1.82, 2.24) is 10.1 Å². The van der Waals surface area contributed by atoms with E-state index in [1.165, 1.54) is 0 Å². The summed E-state index contributed by atoms with van der Waals surface area (Å²) in [5, 5.41) is 4.62. The van der Waals surface area contributed by atoms with Gasteiger partial charge < -0.3 is 9.42 Å². The molecule has 126 valence electrons. The number of carbonyl (C=O) groups is 1. The predicted octanol–water partition coefficient (Wildman–Crippen LogP) is 3.83. The van der Waals surface area contributed by atoms with Gasteiger partial charge in [0.15, 0.2) is 0 Å². The van der Waals surface area contributed by atoms with Crippen molar-refractivity contribution >= 4 is 23.2 Å². The lowest BCUT2D eigenvalue weighted by Crippen LogP contribution is -2.30. The van der Waals surface area contributed by atoms with E-state index in [1.807, 2.05) is 35.2 Å². The highest BCUT2D eigenvalue weighted by molar-refractivity contribution is 6.30. The van der Waals surface area contributed by atoms with Crippen LogP contribution in [-0.2, 0) is 17.6 Å². The maximum absolute atomic E-state index is 12.7. The molecular weight excluding hydrogens is 338 g/mol. The number of fused-ring (bicyclic) bond motifs is 1. The van der Waals surface area contributed by atoms with Crippen LogP contribution in [-0.4, -0.2) is 22.6 Å². The summed E-state index contributed by atoms with van der Waals surface area (Å²) in [5.41, 5.74) is 3.96. The van der Waals surface area contributed by atoms with Crippen LogP contribution in [0.4, 0.5) is 5.69 Å². The summed E-state index contributed by atoms with van der Waals surface area (Å²) in [5.74, 6) is 1.20. The van der Waals surface area contributed by atoms with E-state index in [1.54, 1.807) is 19.1 Å². The van der Waals surface area contributed by atoms with Crippen LogP contribution in [0, 0.1) is 6.92 Å². The zero-order valence-corrected chi connectivity index (χ0v) is 14.5. The molecule has 0 fully saturated rings. The molecule has 3 aromatic rings. The van der Waals surface area contributed by atoms with Gasteiger partial charge in [0.05, 0.1) is 6.42 Å². The number of halogens is 1. The SMILES string of the molecule is Cc1nc(-c2ccc3c(c2)CCN3C(=O)Cc2ccc(Cl)cc2)no1. The van der Waals surface area contributed by atoms with Gasteiger partial charge in [0, 0.05) is 29.7 Å². The Morgan fingerprint density at radius 1 is 1.24 bits per heavy atom. The van der Waals surface area contributed by atoms with E-state index in [2.05, 4.69) is 10.1 Å². The van der Waals surface area contributed by atoms with Crippen LogP contribution < -0.4 is 4.90 Å². The molecule has 0 saturated heterocycles. The van der Waals surface area contributed by atoms with Gasteiger partial charge in [-0.1, -0.05) is 28.9 Å². The number of benzene rings is 2. The molecule has 2 heterocycles. The van der Waals surface area contributed by atoms with E-state index in [0.29, 0.717) is 29.7 Å². The average molecular weight is 354 g/mol. The second kappa shape index (κ2) is 6.33. The van der Waals surface area contributed by atoms with Crippen LogP contribution in [0.15, 0.2) is 47.0 Å². The van der Waals surface area contributed by atoms with Crippen molar-refractivity contribution in [2.24, 2.45) is 0 Å². The molecule has 0 N–H and O–H groups in total. The predicted molar refractivity (Wildman–Crippen MR) is 95.7 cm³/mol. The second-order valence-electron chi connectivity index (χ2n) is 6.08. The van der Waals surface area contributed by atoms with Gasteiger partial charge in [-0.15, -0.1) is 0 Å². The van der Waals surface area contributed by atoms with Gasteiger partial charge in [-0.05, 0) is 47.9 Å². The molecule has 1 aromatic heterocycles. The van der Waals surface area contributed by atoms with E-state index >= 15 is 0 Å². The normalized spacial score (nSPS) is 13.1. The first-order valence-corrected chi connectivity index (χ1v) is 8.46. The van der Waals surface area contributed by atoms with Crippen molar-refractivity contribution in [2.45, 2.75) is 19.8 Å². The first-order valence-electron chi connectivity index (χ1n) is 8.08. The van der Waals surface area contributed by atoms with Crippen LogP contribution in [0.3, 0.4) is 0 Å². The lowest BCUT2D eigenvalue weighted by Gasteiger charge is -2.17. The largest absolute Gasteiger partial charge is 0.339 e. The minimum absolute atomic E-state index is 0.0872. The molecular formula is C19H16ClN3O2. The average Bonchev–Trinajstić information content (AvgIpc) is 3.22. The summed E-state index contributed by atoms with van der Waals surface area (Å²) in [4.78, 5) is 18.8. The van der Waals surface area contributed by atoms with Gasteiger partial charge in [-0.2, -0.15) is 4.98 Å². The van der Waals surface area contributed by atoms with E-state index in [-0.39, 0.29) is 5.91 Å². The minimum Gasteiger partial charge on any atom is -0.339 e. The molecule has 0 spiro atoms. The highest BCUT2D eigenvalue weighted by atomic mass is 35.5. The fourth-order valence-corrected chi connectivity index (χ4v) is 3.21. The standard InChI is InChI=1S/C19H16ClN3O2/c1-12-21-19(22-25-12)15-4-7-17-14(11-15)8-9-23(17)18(24)10-13-2-5-16(20)6-3-13/h2-7,11H,8-10H2,1H3. The van der Waals surface area contributed by atoms with Crippen LogP contribution in [0.2, 0.25) is 5.02 Å². The van der Waals surface area contributed by atoms with Crippen LogP contribution in [0.25, 0.3) is 11.4 Å². The number of hydrogen-bond acceptors (Lipinski definition) is 4. The maximum atomic E-state index is 12.7. The molecule has 1 amide bonds. The Kier molecular flexibility index (Phi) is 4.01. The monoisotopic (exact) mass is 353 g/mol. The van der Waals surface area contributed by atoms with E-state index in [0.717, 1.165) is 28.8 Å². The summed E-state index contributed by atoms with van der Waals surface area (Å²) in [6, 6.07) is 13.3. The van der Waals surface area contributed by atoms with Crippen molar-refractivity contribution in [3.63, 3.8) is 0 Å². The topological polar surface area (TPSA) is 59.2 Å². The third kappa shape index (κ3) is 3.15. The van der Waals surface area contributed by atoms with Gasteiger partial charge in [-0.25, -0.2) is 0 Å². The third-order valence-electron chi connectivity index (χ3n) is 4.33. The van der Waals surface area contributed by atoms with Crippen LogP contribution >= 0.6 is 11.6 Å². The smallest absolute Gasteiger partial charge is 0.231 e. The van der Waals surface area contributed by atoms with Gasteiger partial charge in [0.2, 0.25) is 17.6 Å². The molecule has 25 heavy (non-hydrogen) atoms. The van der Waals surface area contributed by atoms with Crippen molar-refractivity contribution in [2.75, 3.05) is 11.4 Å². The number of amides is 1. The number of hydrogen-bond donors (Lipinski definition) is 0. The molecule has 0 unspecified atom stereocenters. The molecule has 6 heteroatoms. The molecule has 4 rings (SSSR count). The molecule has 0 aliphatic carbocycles. The molecule has 0 radical (unpaired) electrons. The van der Waals surface area contributed by atoms with Crippen molar-refractivity contribution < 1.29 is 9.32 Å². The highest BCUT2D eigenvalue weighted by Gasteiger charge is 2.25. The molecule has 0 saturated carbocycles. The fraction of sp³-hybridized carbons (Fsp3) is 0.211. The van der Waals surface area contributed by atoms with E-state index in [4.69, 9.17) is 16.1 Å². The summed E-state index contributed by atoms with van der Waals surface area (Å²) in [7, 11) is 0. The summed E-state index contributed by atoms with van der Waals surface area (Å²) in [6.45, 7) is 2.46. The number of nitrogens with zero attached hydrogens (tertiary/aromatic N) is 3. The van der Waals surface area contributed by atoms with Crippen molar-refractivity contribution in [3.8, 4) is 11.4 Å². The number of anilines is 1. The molecule has 1 aliphatic rings. The van der Waals surface area contributed by atoms with Crippen LogP contribution in [0.1, 0.15) is 17.0 Å².